The fraction of sp³-hybridized carbons (Fsp3) is 0.364. The highest BCUT2D eigenvalue weighted by atomic mass is 19.4. The first-order valence-corrected chi connectivity index (χ1v) is 4.93. The third kappa shape index (κ3) is 3.12. The Labute approximate surface area is 100.0 Å². The lowest BCUT2D eigenvalue weighted by atomic mass is 10.1. The number of rotatable bonds is 3. The molecule has 0 aliphatic rings. The van der Waals surface area contributed by atoms with Crippen molar-refractivity contribution in [3.05, 3.63) is 29.1 Å². The van der Waals surface area contributed by atoms with E-state index < -0.39 is 40.9 Å². The van der Waals surface area contributed by atoms with Gasteiger partial charge >= 0.3 is 12.1 Å². The summed E-state index contributed by atoms with van der Waals surface area (Å²) >= 11 is 0. The number of alkyl halides is 3. The van der Waals surface area contributed by atoms with Crippen molar-refractivity contribution in [3.8, 4) is 5.75 Å². The first-order valence-electron chi connectivity index (χ1n) is 4.93. The average molecular weight is 266 g/mol. The largest absolute Gasteiger partial charge is 0.487 e. The molecule has 3 nitrogen and oxygen atoms in total. The van der Waals surface area contributed by atoms with Crippen LogP contribution in [0.15, 0.2) is 12.1 Å². The zero-order valence-corrected chi connectivity index (χ0v) is 9.51. The fourth-order valence-electron chi connectivity index (χ4n) is 1.28. The number of hydrogen-bond donors (Lipinski definition) is 1. The van der Waals surface area contributed by atoms with Gasteiger partial charge in [-0.15, -0.1) is 0 Å². The molecule has 0 aliphatic carbocycles. The van der Waals surface area contributed by atoms with E-state index in [-0.39, 0.29) is 0 Å². The normalized spacial score (nSPS) is 11.7. The molecule has 1 N–H and O–H groups in total. The molecule has 0 unspecified atom stereocenters. The van der Waals surface area contributed by atoms with Crippen molar-refractivity contribution < 1.29 is 32.2 Å². The van der Waals surface area contributed by atoms with E-state index in [2.05, 4.69) is 0 Å². The van der Waals surface area contributed by atoms with Crippen LogP contribution < -0.4 is 4.74 Å². The SMILES string of the molecule is CC(C)Oc1c(F)cc(C(=O)O)cc1C(F)(F)F. The molecule has 0 heterocycles. The molecule has 0 aromatic heterocycles. The van der Waals surface area contributed by atoms with Crippen molar-refractivity contribution in [2.45, 2.75) is 26.1 Å². The molecule has 7 heteroatoms. The van der Waals surface area contributed by atoms with Gasteiger partial charge in [-0.2, -0.15) is 13.2 Å². The number of carboxylic acid groups (broad SMARTS) is 1. The van der Waals surface area contributed by atoms with Crippen LogP contribution in [0.2, 0.25) is 0 Å². The molecule has 0 saturated heterocycles. The Balaban J connectivity index is 3.45. The number of aromatic carboxylic acids is 1. The molecule has 1 aromatic carbocycles. The maximum absolute atomic E-state index is 13.5. The number of hydrogen-bond acceptors (Lipinski definition) is 2. The summed E-state index contributed by atoms with van der Waals surface area (Å²) in [6, 6.07) is 0.846. The van der Waals surface area contributed by atoms with Crippen molar-refractivity contribution in [1.82, 2.24) is 0 Å². The van der Waals surface area contributed by atoms with Gasteiger partial charge in [-0.3, -0.25) is 0 Å². The van der Waals surface area contributed by atoms with Gasteiger partial charge in [0.25, 0.3) is 0 Å². The second kappa shape index (κ2) is 4.83. The second-order valence-corrected chi connectivity index (χ2v) is 3.80. The maximum Gasteiger partial charge on any atom is 0.420 e. The van der Waals surface area contributed by atoms with Crippen molar-refractivity contribution >= 4 is 5.97 Å². The smallest absolute Gasteiger partial charge is 0.420 e. The average Bonchev–Trinajstić information content (AvgIpc) is 2.17. The molecule has 0 radical (unpaired) electrons. The molecule has 0 atom stereocenters. The molecule has 100 valence electrons. The van der Waals surface area contributed by atoms with Gasteiger partial charge in [0.2, 0.25) is 0 Å². The highest BCUT2D eigenvalue weighted by Gasteiger charge is 2.37. The highest BCUT2D eigenvalue weighted by Crippen LogP contribution is 2.39. The third-order valence-electron chi connectivity index (χ3n) is 1.95. The van der Waals surface area contributed by atoms with Crippen molar-refractivity contribution in [2.75, 3.05) is 0 Å². The third-order valence-corrected chi connectivity index (χ3v) is 1.95. The van der Waals surface area contributed by atoms with Gasteiger partial charge in [0.15, 0.2) is 11.6 Å². The molecule has 0 spiro atoms. The molecular weight excluding hydrogens is 256 g/mol. The molecule has 0 saturated carbocycles. The lowest BCUT2D eigenvalue weighted by molar-refractivity contribution is -0.139. The predicted octanol–water partition coefficient (Wildman–Crippen LogP) is 3.33. The van der Waals surface area contributed by atoms with E-state index in [0.29, 0.717) is 12.1 Å². The van der Waals surface area contributed by atoms with E-state index in [1.807, 2.05) is 0 Å². The van der Waals surface area contributed by atoms with Gasteiger partial charge in [-0.05, 0) is 26.0 Å². The zero-order chi connectivity index (χ0) is 14.1. The summed E-state index contributed by atoms with van der Waals surface area (Å²) < 4.78 is 56.3. The van der Waals surface area contributed by atoms with Crippen molar-refractivity contribution in [1.29, 1.82) is 0 Å². The molecule has 0 bridgehead atoms. The quantitative estimate of drug-likeness (QED) is 0.853. The molecule has 18 heavy (non-hydrogen) atoms. The number of halogens is 4. The van der Waals surface area contributed by atoms with E-state index in [1.54, 1.807) is 0 Å². The van der Waals surface area contributed by atoms with Gasteiger partial charge in [0.05, 0.1) is 11.7 Å². The van der Waals surface area contributed by atoms with E-state index in [9.17, 15) is 22.4 Å². The minimum atomic E-state index is -4.89. The molecule has 1 rings (SSSR count). The van der Waals surface area contributed by atoms with Crippen LogP contribution >= 0.6 is 0 Å². The van der Waals surface area contributed by atoms with Gasteiger partial charge < -0.3 is 9.84 Å². The number of carbonyl (C=O) groups is 1. The Morgan fingerprint density at radius 3 is 2.28 bits per heavy atom. The van der Waals surface area contributed by atoms with Crippen LogP contribution in [0.5, 0.6) is 5.75 Å². The Hall–Kier alpha value is -1.79. The van der Waals surface area contributed by atoms with E-state index >= 15 is 0 Å². The lowest BCUT2D eigenvalue weighted by Gasteiger charge is -2.17. The minimum Gasteiger partial charge on any atom is -0.487 e. The van der Waals surface area contributed by atoms with Crippen LogP contribution in [-0.4, -0.2) is 17.2 Å². The zero-order valence-electron chi connectivity index (χ0n) is 9.51. The molecule has 0 fully saturated rings. The van der Waals surface area contributed by atoms with Crippen LogP contribution in [0.1, 0.15) is 29.8 Å². The first kappa shape index (κ1) is 14.3. The van der Waals surface area contributed by atoms with Crippen LogP contribution in [-0.2, 0) is 6.18 Å². The molecular formula is C11H10F4O3. The molecule has 0 aliphatic heterocycles. The van der Waals surface area contributed by atoms with E-state index in [4.69, 9.17) is 9.84 Å². The van der Waals surface area contributed by atoms with Crippen LogP contribution in [0.3, 0.4) is 0 Å². The second-order valence-electron chi connectivity index (χ2n) is 3.80. The Kier molecular flexibility index (Phi) is 3.83. The van der Waals surface area contributed by atoms with Gasteiger partial charge in [0, 0.05) is 0 Å². The Morgan fingerprint density at radius 2 is 1.89 bits per heavy atom. The first-order chi connectivity index (χ1) is 8.12. The van der Waals surface area contributed by atoms with Crippen LogP contribution in [0.4, 0.5) is 17.6 Å². The van der Waals surface area contributed by atoms with Crippen LogP contribution in [0, 0.1) is 5.82 Å². The summed E-state index contributed by atoms with van der Waals surface area (Å²) in [6.45, 7) is 2.87. The summed E-state index contributed by atoms with van der Waals surface area (Å²) in [6.07, 6.45) is -5.56. The summed E-state index contributed by atoms with van der Waals surface area (Å²) in [7, 11) is 0. The summed E-state index contributed by atoms with van der Waals surface area (Å²) in [5.41, 5.74) is -2.22. The van der Waals surface area contributed by atoms with Gasteiger partial charge in [-0.25, -0.2) is 9.18 Å². The fourth-order valence-corrected chi connectivity index (χ4v) is 1.28. The predicted molar refractivity (Wildman–Crippen MR) is 54.1 cm³/mol. The van der Waals surface area contributed by atoms with Gasteiger partial charge in [-0.1, -0.05) is 0 Å². The minimum absolute atomic E-state index is 0.350. The summed E-state index contributed by atoms with van der Waals surface area (Å²) in [4.78, 5) is 10.6. The Morgan fingerprint density at radius 1 is 1.33 bits per heavy atom. The highest BCUT2D eigenvalue weighted by molar-refractivity contribution is 5.88. The monoisotopic (exact) mass is 266 g/mol. The lowest BCUT2D eigenvalue weighted by Crippen LogP contribution is -2.15. The van der Waals surface area contributed by atoms with Crippen molar-refractivity contribution in [3.63, 3.8) is 0 Å². The number of carboxylic acids is 1. The standard InChI is InChI=1S/C11H10F4O3/c1-5(2)18-9-7(11(13,14)15)3-6(10(16)17)4-8(9)12/h3-5H,1-2H3,(H,16,17). The molecule has 0 amide bonds. The van der Waals surface area contributed by atoms with E-state index in [1.165, 1.54) is 13.8 Å². The van der Waals surface area contributed by atoms with E-state index in [0.717, 1.165) is 0 Å². The number of ether oxygens (including phenoxy) is 1. The topological polar surface area (TPSA) is 46.5 Å². The van der Waals surface area contributed by atoms with Crippen molar-refractivity contribution in [2.24, 2.45) is 0 Å². The van der Waals surface area contributed by atoms with Gasteiger partial charge in [0.1, 0.15) is 5.56 Å². The van der Waals surface area contributed by atoms with Crippen LogP contribution in [0.25, 0.3) is 0 Å². The number of benzene rings is 1. The Bertz CT molecular complexity index is 466. The maximum atomic E-state index is 13.5. The summed E-state index contributed by atoms with van der Waals surface area (Å²) in [5.74, 6) is -3.98. The molecule has 1 aromatic rings. The summed E-state index contributed by atoms with van der Waals surface area (Å²) in [5, 5.41) is 8.60.